The molecule has 6 heteroatoms. The van der Waals surface area contributed by atoms with Gasteiger partial charge < -0.3 is 15.3 Å². The molecule has 0 aliphatic heterocycles. The van der Waals surface area contributed by atoms with E-state index in [0.29, 0.717) is 5.69 Å². The van der Waals surface area contributed by atoms with Crippen LogP contribution in [0.4, 0.5) is 11.4 Å². The van der Waals surface area contributed by atoms with Gasteiger partial charge in [0.15, 0.2) is 11.5 Å². The Kier molecular flexibility index (Phi) is 3.66. The lowest BCUT2D eigenvalue weighted by Crippen LogP contribution is -1.72. The fourth-order valence-corrected chi connectivity index (χ4v) is 1.62. The summed E-state index contributed by atoms with van der Waals surface area (Å²) >= 11 is 2.18. The summed E-state index contributed by atoms with van der Waals surface area (Å²) < 4.78 is 1.08. The van der Waals surface area contributed by atoms with E-state index < -0.39 is 17.2 Å². The quantitative estimate of drug-likeness (QED) is 0.434. The number of phenols is 3. The van der Waals surface area contributed by atoms with E-state index in [-0.39, 0.29) is 5.69 Å². The molecule has 0 amide bonds. The average Bonchev–Trinajstić information content (AvgIpc) is 2.37. The van der Waals surface area contributed by atoms with Crippen LogP contribution in [0.5, 0.6) is 17.2 Å². The van der Waals surface area contributed by atoms with Gasteiger partial charge in [0.25, 0.3) is 0 Å². The average molecular weight is 356 g/mol. The van der Waals surface area contributed by atoms with Gasteiger partial charge in [0.2, 0.25) is 5.75 Å². The van der Waals surface area contributed by atoms with Crippen LogP contribution in [0.1, 0.15) is 0 Å². The lowest BCUT2D eigenvalue weighted by Gasteiger charge is -2.02. The normalized spacial score (nSPS) is 10.9. The van der Waals surface area contributed by atoms with Crippen molar-refractivity contribution in [2.24, 2.45) is 10.2 Å². The molecule has 0 radical (unpaired) electrons. The highest BCUT2D eigenvalue weighted by Crippen LogP contribution is 2.42. The fraction of sp³-hybridized carbons (Fsp3) is 0. The maximum atomic E-state index is 9.54. The van der Waals surface area contributed by atoms with Crippen LogP contribution in [0.2, 0.25) is 0 Å². The van der Waals surface area contributed by atoms with Crippen LogP contribution in [-0.4, -0.2) is 15.3 Å². The van der Waals surface area contributed by atoms with Crippen LogP contribution in [0.15, 0.2) is 46.6 Å². The summed E-state index contributed by atoms with van der Waals surface area (Å²) in [6.45, 7) is 0. The van der Waals surface area contributed by atoms with Crippen LogP contribution >= 0.6 is 22.6 Å². The Balaban J connectivity index is 2.29. The largest absolute Gasteiger partial charge is 0.504 e. The van der Waals surface area contributed by atoms with E-state index in [9.17, 15) is 10.2 Å². The predicted octanol–water partition coefficient (Wildman–Crippen LogP) is 3.82. The third-order valence-corrected chi connectivity index (χ3v) is 2.93. The highest BCUT2D eigenvalue weighted by atomic mass is 127. The van der Waals surface area contributed by atoms with Crippen LogP contribution in [0, 0.1) is 3.57 Å². The van der Waals surface area contributed by atoms with E-state index >= 15 is 0 Å². The van der Waals surface area contributed by atoms with Gasteiger partial charge in [0, 0.05) is 3.57 Å². The number of halogens is 1. The summed E-state index contributed by atoms with van der Waals surface area (Å²) in [6, 6.07) is 9.91. The Bertz CT molecular complexity index is 597. The van der Waals surface area contributed by atoms with Crippen molar-refractivity contribution < 1.29 is 15.3 Å². The van der Waals surface area contributed by atoms with Crippen molar-refractivity contribution in [2.75, 3.05) is 0 Å². The number of azo groups is 1. The molecule has 0 atom stereocenters. The highest BCUT2D eigenvalue weighted by Gasteiger charge is 2.10. The first-order valence-corrected chi connectivity index (χ1v) is 6.07. The van der Waals surface area contributed by atoms with Gasteiger partial charge >= 0.3 is 0 Å². The lowest BCUT2D eigenvalue weighted by molar-refractivity contribution is 0.368. The van der Waals surface area contributed by atoms with Gasteiger partial charge in [-0.25, -0.2) is 0 Å². The molecule has 0 bridgehead atoms. The van der Waals surface area contributed by atoms with E-state index in [2.05, 4.69) is 32.8 Å². The first-order valence-electron chi connectivity index (χ1n) is 4.99. The number of aromatic hydroxyl groups is 3. The molecule has 0 unspecified atom stereocenters. The van der Waals surface area contributed by atoms with Crippen molar-refractivity contribution in [3.63, 3.8) is 0 Å². The molecule has 0 aliphatic rings. The monoisotopic (exact) mass is 356 g/mol. The van der Waals surface area contributed by atoms with Crippen LogP contribution in [0.25, 0.3) is 0 Å². The number of hydrogen-bond donors (Lipinski definition) is 3. The van der Waals surface area contributed by atoms with Crippen LogP contribution in [-0.2, 0) is 0 Å². The minimum atomic E-state index is -0.603. The minimum Gasteiger partial charge on any atom is -0.504 e. The molecule has 2 rings (SSSR count). The first-order chi connectivity index (χ1) is 8.58. The van der Waals surface area contributed by atoms with Crippen molar-refractivity contribution in [1.29, 1.82) is 0 Å². The summed E-state index contributed by atoms with van der Waals surface area (Å²) in [6.07, 6.45) is 0. The minimum absolute atomic E-state index is 0.0869. The summed E-state index contributed by atoms with van der Waals surface area (Å²) in [5.41, 5.74) is 0.714. The van der Waals surface area contributed by atoms with Crippen LogP contribution < -0.4 is 0 Å². The van der Waals surface area contributed by atoms with Gasteiger partial charge in [-0.15, -0.1) is 5.11 Å². The number of rotatable bonds is 2. The van der Waals surface area contributed by atoms with Crippen molar-refractivity contribution in [3.8, 4) is 17.2 Å². The molecular formula is C12H9IN2O3. The summed E-state index contributed by atoms with van der Waals surface area (Å²) in [4.78, 5) is 0. The smallest absolute Gasteiger partial charge is 0.202 e. The third-order valence-electron chi connectivity index (χ3n) is 2.21. The maximum absolute atomic E-state index is 9.54. The number of nitrogens with zero attached hydrogens (tertiary/aromatic N) is 2. The molecule has 0 fully saturated rings. The van der Waals surface area contributed by atoms with Crippen molar-refractivity contribution in [1.82, 2.24) is 0 Å². The molecule has 3 N–H and O–H groups in total. The van der Waals surface area contributed by atoms with Crippen molar-refractivity contribution >= 4 is 34.0 Å². The Morgan fingerprint density at radius 2 is 1.44 bits per heavy atom. The molecule has 18 heavy (non-hydrogen) atoms. The standard InChI is InChI=1S/C12H9IN2O3/c13-7-1-3-8(4-2-7)14-15-9-5-6-10(16)12(18)11(9)17/h1-6,16-18H. The zero-order chi connectivity index (χ0) is 13.1. The third kappa shape index (κ3) is 2.70. The molecule has 0 aromatic heterocycles. The Morgan fingerprint density at radius 1 is 0.778 bits per heavy atom. The number of benzene rings is 2. The topological polar surface area (TPSA) is 85.4 Å². The molecule has 92 valence electrons. The Labute approximate surface area is 117 Å². The van der Waals surface area contributed by atoms with E-state index in [1.54, 1.807) is 12.1 Å². The molecule has 5 nitrogen and oxygen atoms in total. The summed E-state index contributed by atoms with van der Waals surface area (Å²) in [7, 11) is 0. The summed E-state index contributed by atoms with van der Waals surface area (Å²) in [5, 5.41) is 35.7. The molecule has 0 aliphatic carbocycles. The van der Waals surface area contributed by atoms with Gasteiger partial charge in [-0.3, -0.25) is 0 Å². The van der Waals surface area contributed by atoms with E-state index in [1.807, 2.05) is 12.1 Å². The van der Waals surface area contributed by atoms with E-state index in [1.165, 1.54) is 12.1 Å². The van der Waals surface area contributed by atoms with Gasteiger partial charge in [0.05, 0.1) is 5.69 Å². The SMILES string of the molecule is Oc1ccc(N=Nc2ccc(I)cc2)c(O)c1O. The molecule has 0 saturated carbocycles. The second-order valence-electron chi connectivity index (χ2n) is 3.48. The highest BCUT2D eigenvalue weighted by molar-refractivity contribution is 14.1. The molecule has 2 aromatic rings. The second kappa shape index (κ2) is 5.21. The van der Waals surface area contributed by atoms with E-state index in [4.69, 9.17) is 5.11 Å². The molecule has 0 heterocycles. The maximum Gasteiger partial charge on any atom is 0.202 e. The first kappa shape index (κ1) is 12.6. The Morgan fingerprint density at radius 3 is 2.11 bits per heavy atom. The lowest BCUT2D eigenvalue weighted by atomic mass is 10.2. The molecule has 2 aromatic carbocycles. The zero-order valence-corrected chi connectivity index (χ0v) is 11.2. The van der Waals surface area contributed by atoms with Gasteiger partial charge in [-0.2, -0.15) is 5.11 Å². The zero-order valence-electron chi connectivity index (χ0n) is 9.08. The summed E-state index contributed by atoms with van der Waals surface area (Å²) in [5.74, 6) is -1.50. The molecular weight excluding hydrogens is 347 g/mol. The van der Waals surface area contributed by atoms with Gasteiger partial charge in [-0.1, -0.05) is 0 Å². The van der Waals surface area contributed by atoms with Crippen molar-refractivity contribution in [2.45, 2.75) is 0 Å². The molecule has 0 spiro atoms. The molecule has 0 saturated heterocycles. The van der Waals surface area contributed by atoms with Crippen molar-refractivity contribution in [3.05, 3.63) is 40.0 Å². The Hall–Kier alpha value is -1.83. The van der Waals surface area contributed by atoms with Crippen LogP contribution in [0.3, 0.4) is 0 Å². The second-order valence-corrected chi connectivity index (χ2v) is 4.72. The van der Waals surface area contributed by atoms with E-state index in [0.717, 1.165) is 3.57 Å². The number of phenolic OH excluding ortho intramolecular Hbond substituents is 3. The predicted molar refractivity (Wildman–Crippen MR) is 74.8 cm³/mol. The number of hydrogen-bond acceptors (Lipinski definition) is 5. The van der Waals surface area contributed by atoms with Gasteiger partial charge in [0.1, 0.15) is 5.69 Å². The van der Waals surface area contributed by atoms with Gasteiger partial charge in [-0.05, 0) is 59.0 Å². The fourth-order valence-electron chi connectivity index (χ4n) is 1.26.